The summed E-state index contributed by atoms with van der Waals surface area (Å²) < 4.78 is 11.1. The Bertz CT molecular complexity index is 486. The number of rotatable bonds is 4. The number of carbonyl (C=O) groups excluding carboxylic acids is 1. The SMILES string of the molecule is CN(C)c1cccc(C(=O)NCC2COC(C)(C)O2)c1. The molecule has 1 aliphatic rings. The van der Waals surface area contributed by atoms with Gasteiger partial charge in [0.05, 0.1) is 6.61 Å². The summed E-state index contributed by atoms with van der Waals surface area (Å²) in [7, 11) is 3.89. The van der Waals surface area contributed by atoms with Crippen LogP contribution in [0.25, 0.3) is 0 Å². The molecule has 0 aliphatic carbocycles. The molecule has 110 valence electrons. The van der Waals surface area contributed by atoms with Gasteiger partial charge in [0, 0.05) is 31.9 Å². The van der Waals surface area contributed by atoms with Crippen LogP contribution >= 0.6 is 0 Å². The van der Waals surface area contributed by atoms with Crippen molar-refractivity contribution < 1.29 is 14.3 Å². The topological polar surface area (TPSA) is 50.8 Å². The number of nitrogens with one attached hydrogen (secondary N) is 1. The molecule has 1 fully saturated rings. The molecule has 0 aromatic heterocycles. The lowest BCUT2D eigenvalue weighted by Gasteiger charge is -2.17. The second kappa shape index (κ2) is 5.81. The third-order valence-corrected chi connectivity index (χ3v) is 3.18. The predicted molar refractivity (Wildman–Crippen MR) is 78.0 cm³/mol. The predicted octanol–water partition coefficient (Wildman–Crippen LogP) is 1.63. The van der Waals surface area contributed by atoms with Crippen molar-refractivity contribution in [2.75, 3.05) is 32.1 Å². The molecule has 1 aromatic carbocycles. The van der Waals surface area contributed by atoms with Gasteiger partial charge in [-0.15, -0.1) is 0 Å². The zero-order valence-corrected chi connectivity index (χ0v) is 12.5. The van der Waals surface area contributed by atoms with E-state index < -0.39 is 5.79 Å². The van der Waals surface area contributed by atoms with Crippen LogP contribution in [0.2, 0.25) is 0 Å². The van der Waals surface area contributed by atoms with Crippen LogP contribution in [0.3, 0.4) is 0 Å². The van der Waals surface area contributed by atoms with Crippen molar-refractivity contribution in [3.8, 4) is 0 Å². The van der Waals surface area contributed by atoms with Gasteiger partial charge in [-0.3, -0.25) is 4.79 Å². The normalized spacial score (nSPS) is 20.7. The highest BCUT2D eigenvalue weighted by Gasteiger charge is 2.32. The zero-order chi connectivity index (χ0) is 14.8. The highest BCUT2D eigenvalue weighted by molar-refractivity contribution is 5.95. The highest BCUT2D eigenvalue weighted by Crippen LogP contribution is 2.21. The summed E-state index contributed by atoms with van der Waals surface area (Å²) in [5.74, 6) is -0.651. The number of ether oxygens (including phenoxy) is 2. The van der Waals surface area contributed by atoms with Gasteiger partial charge in [0.2, 0.25) is 0 Å². The first kappa shape index (κ1) is 14.8. The summed E-state index contributed by atoms with van der Waals surface area (Å²) in [6.45, 7) is 4.70. The fourth-order valence-corrected chi connectivity index (χ4v) is 2.10. The first-order valence-electron chi connectivity index (χ1n) is 6.75. The molecule has 1 saturated heterocycles. The van der Waals surface area contributed by atoms with E-state index >= 15 is 0 Å². The zero-order valence-electron chi connectivity index (χ0n) is 12.5. The summed E-state index contributed by atoms with van der Waals surface area (Å²) in [4.78, 5) is 14.1. The van der Waals surface area contributed by atoms with E-state index in [-0.39, 0.29) is 12.0 Å². The van der Waals surface area contributed by atoms with Crippen LogP contribution in [-0.4, -0.2) is 45.0 Å². The van der Waals surface area contributed by atoms with Gasteiger partial charge in [-0.05, 0) is 32.0 Å². The van der Waals surface area contributed by atoms with Gasteiger partial charge >= 0.3 is 0 Å². The van der Waals surface area contributed by atoms with E-state index in [9.17, 15) is 4.79 Å². The standard InChI is InChI=1S/C15H22N2O3/c1-15(2)19-10-13(20-15)9-16-14(18)11-6-5-7-12(8-11)17(3)4/h5-8,13H,9-10H2,1-4H3,(H,16,18). The summed E-state index contributed by atoms with van der Waals surface area (Å²) >= 11 is 0. The van der Waals surface area contributed by atoms with E-state index in [1.165, 1.54) is 0 Å². The molecule has 1 atom stereocenters. The Morgan fingerprint density at radius 1 is 1.45 bits per heavy atom. The molecule has 1 unspecified atom stereocenters. The minimum absolute atomic E-state index is 0.0917. The van der Waals surface area contributed by atoms with Gasteiger partial charge in [0.1, 0.15) is 6.10 Å². The molecule has 1 aliphatic heterocycles. The van der Waals surface area contributed by atoms with Crippen LogP contribution in [0.4, 0.5) is 5.69 Å². The molecule has 1 aromatic rings. The molecule has 2 rings (SSSR count). The van der Waals surface area contributed by atoms with Gasteiger partial charge in [0.25, 0.3) is 5.91 Å². The van der Waals surface area contributed by atoms with Crippen LogP contribution in [0.1, 0.15) is 24.2 Å². The quantitative estimate of drug-likeness (QED) is 0.909. The Labute approximate surface area is 119 Å². The first-order chi connectivity index (χ1) is 9.37. The molecule has 0 spiro atoms. The van der Waals surface area contributed by atoms with Crippen LogP contribution in [0.5, 0.6) is 0 Å². The maximum absolute atomic E-state index is 12.1. The number of carbonyl (C=O) groups is 1. The van der Waals surface area contributed by atoms with Crippen molar-refractivity contribution in [1.82, 2.24) is 5.32 Å². The number of anilines is 1. The van der Waals surface area contributed by atoms with Crippen molar-refractivity contribution in [2.45, 2.75) is 25.7 Å². The van der Waals surface area contributed by atoms with Crippen molar-refractivity contribution in [3.63, 3.8) is 0 Å². The van der Waals surface area contributed by atoms with E-state index in [0.717, 1.165) is 5.69 Å². The Balaban J connectivity index is 1.91. The van der Waals surface area contributed by atoms with Gasteiger partial charge in [-0.1, -0.05) is 6.07 Å². The highest BCUT2D eigenvalue weighted by atomic mass is 16.7. The van der Waals surface area contributed by atoms with Crippen LogP contribution < -0.4 is 10.2 Å². The van der Waals surface area contributed by atoms with E-state index in [2.05, 4.69) is 5.32 Å². The number of nitrogens with zero attached hydrogens (tertiary/aromatic N) is 1. The third kappa shape index (κ3) is 3.71. The summed E-state index contributed by atoms with van der Waals surface area (Å²) in [5.41, 5.74) is 1.65. The second-order valence-corrected chi connectivity index (χ2v) is 5.61. The average molecular weight is 278 g/mol. The largest absolute Gasteiger partial charge is 0.378 e. The second-order valence-electron chi connectivity index (χ2n) is 5.61. The molecule has 0 bridgehead atoms. The maximum atomic E-state index is 12.1. The van der Waals surface area contributed by atoms with Gasteiger partial charge in [0.15, 0.2) is 5.79 Å². The van der Waals surface area contributed by atoms with Crippen LogP contribution in [0, 0.1) is 0 Å². The molecule has 0 saturated carbocycles. The summed E-state index contributed by atoms with van der Waals surface area (Å²) in [6, 6.07) is 7.51. The van der Waals surface area contributed by atoms with Gasteiger partial charge in [-0.2, -0.15) is 0 Å². The fraction of sp³-hybridized carbons (Fsp3) is 0.533. The van der Waals surface area contributed by atoms with Crippen molar-refractivity contribution in [3.05, 3.63) is 29.8 Å². The van der Waals surface area contributed by atoms with E-state index in [0.29, 0.717) is 18.7 Å². The van der Waals surface area contributed by atoms with Crippen LogP contribution in [-0.2, 0) is 9.47 Å². The lowest BCUT2D eigenvalue weighted by Crippen LogP contribution is -2.34. The number of hydrogen-bond acceptors (Lipinski definition) is 4. The first-order valence-corrected chi connectivity index (χ1v) is 6.75. The molecular weight excluding hydrogens is 256 g/mol. The lowest BCUT2D eigenvalue weighted by molar-refractivity contribution is -0.137. The smallest absolute Gasteiger partial charge is 0.251 e. The summed E-state index contributed by atoms with van der Waals surface area (Å²) in [5, 5.41) is 2.88. The molecule has 0 radical (unpaired) electrons. The number of hydrogen-bond donors (Lipinski definition) is 1. The molecule has 5 heteroatoms. The lowest BCUT2D eigenvalue weighted by atomic mass is 10.2. The van der Waals surface area contributed by atoms with Crippen LogP contribution in [0.15, 0.2) is 24.3 Å². The Hall–Kier alpha value is -1.59. The van der Waals surface area contributed by atoms with E-state index in [1.54, 1.807) is 6.07 Å². The van der Waals surface area contributed by atoms with E-state index in [4.69, 9.17) is 9.47 Å². The Morgan fingerprint density at radius 2 is 2.20 bits per heavy atom. The average Bonchev–Trinajstić information content (AvgIpc) is 2.75. The van der Waals surface area contributed by atoms with Crippen molar-refractivity contribution in [1.29, 1.82) is 0 Å². The minimum atomic E-state index is -0.555. The molecule has 1 N–H and O–H groups in total. The van der Waals surface area contributed by atoms with Crippen molar-refractivity contribution >= 4 is 11.6 Å². The third-order valence-electron chi connectivity index (χ3n) is 3.18. The van der Waals surface area contributed by atoms with Gasteiger partial charge < -0.3 is 19.7 Å². The molecule has 1 amide bonds. The molecule has 20 heavy (non-hydrogen) atoms. The van der Waals surface area contributed by atoms with Crippen molar-refractivity contribution in [2.24, 2.45) is 0 Å². The monoisotopic (exact) mass is 278 g/mol. The van der Waals surface area contributed by atoms with Gasteiger partial charge in [-0.25, -0.2) is 0 Å². The Kier molecular flexibility index (Phi) is 4.30. The molecular formula is C15H22N2O3. The number of benzene rings is 1. The number of amides is 1. The Morgan fingerprint density at radius 3 is 2.80 bits per heavy atom. The molecule has 1 heterocycles. The minimum Gasteiger partial charge on any atom is -0.378 e. The summed E-state index contributed by atoms with van der Waals surface area (Å²) in [6.07, 6.45) is -0.0917. The van der Waals surface area contributed by atoms with E-state index in [1.807, 2.05) is 51.0 Å². The molecule has 5 nitrogen and oxygen atoms in total. The maximum Gasteiger partial charge on any atom is 0.251 e. The fourth-order valence-electron chi connectivity index (χ4n) is 2.10.